The number of ketones is 1. The number of piperidine rings is 1. The fourth-order valence-corrected chi connectivity index (χ4v) is 4.92. The Kier molecular flexibility index (Phi) is 5.81. The molecule has 0 amide bonds. The van der Waals surface area contributed by atoms with Crippen molar-refractivity contribution in [2.75, 3.05) is 6.54 Å². The highest BCUT2D eigenvalue weighted by Crippen LogP contribution is 2.42. The number of hydrogen-bond acceptors (Lipinski definition) is 5. The lowest BCUT2D eigenvalue weighted by molar-refractivity contribution is 0.101. The first-order chi connectivity index (χ1) is 15.6. The Balaban J connectivity index is 1.48. The van der Waals surface area contributed by atoms with Crippen LogP contribution in [0.2, 0.25) is 0 Å². The van der Waals surface area contributed by atoms with E-state index >= 15 is 0 Å². The third kappa shape index (κ3) is 3.96. The van der Waals surface area contributed by atoms with E-state index in [4.69, 9.17) is 4.74 Å². The lowest BCUT2D eigenvalue weighted by Crippen LogP contribution is -2.33. The van der Waals surface area contributed by atoms with E-state index in [0.717, 1.165) is 35.8 Å². The van der Waals surface area contributed by atoms with Crippen LogP contribution in [0.5, 0.6) is 11.5 Å². The zero-order chi connectivity index (χ0) is 22.1. The second-order valence-electron chi connectivity index (χ2n) is 8.17. The van der Waals surface area contributed by atoms with Gasteiger partial charge in [0.2, 0.25) is 5.78 Å². The Hall–Kier alpha value is -2.96. The van der Waals surface area contributed by atoms with Gasteiger partial charge in [0.1, 0.15) is 11.5 Å². The van der Waals surface area contributed by atoms with E-state index in [1.807, 2.05) is 36.5 Å². The van der Waals surface area contributed by atoms with Crippen LogP contribution in [0.4, 0.5) is 0 Å². The van der Waals surface area contributed by atoms with Crippen LogP contribution >= 0.6 is 15.9 Å². The van der Waals surface area contributed by atoms with Gasteiger partial charge in [0.05, 0.1) is 11.1 Å². The Labute approximate surface area is 195 Å². The number of benzene rings is 2. The summed E-state index contributed by atoms with van der Waals surface area (Å²) in [6, 6.07) is 15.2. The normalized spacial score (nSPS) is 19.7. The number of Topliss-reactive ketones (excluding diaryl/α,β-unsaturated/α-hetero) is 1. The molecule has 5 rings (SSSR count). The number of aromatic nitrogens is 1. The zero-order valence-corrected chi connectivity index (χ0v) is 19.1. The SMILES string of the molecule is O=C1/C(=C/c2ccccc2Br)Oc2c1ccc(O)c2CN1CCCC[C@H]1c1cccnc1. The molecule has 0 spiro atoms. The minimum Gasteiger partial charge on any atom is -0.507 e. The molecule has 1 fully saturated rings. The number of allylic oxidation sites excluding steroid dienone is 1. The topological polar surface area (TPSA) is 62.7 Å². The molecule has 0 aliphatic carbocycles. The molecule has 6 heteroatoms. The molecular formula is C26H23BrN2O3. The summed E-state index contributed by atoms with van der Waals surface area (Å²) in [4.78, 5) is 19.7. The average molecular weight is 491 g/mol. The van der Waals surface area contributed by atoms with Crippen molar-refractivity contribution >= 4 is 27.8 Å². The molecule has 3 heterocycles. The molecule has 1 aromatic heterocycles. The van der Waals surface area contributed by atoms with Gasteiger partial charge in [-0.05, 0) is 60.9 Å². The molecule has 1 atom stereocenters. The summed E-state index contributed by atoms with van der Waals surface area (Å²) in [6.07, 6.45) is 8.73. The van der Waals surface area contributed by atoms with E-state index in [1.165, 1.54) is 5.56 Å². The summed E-state index contributed by atoms with van der Waals surface area (Å²) < 4.78 is 6.95. The van der Waals surface area contributed by atoms with Gasteiger partial charge in [0, 0.05) is 29.5 Å². The van der Waals surface area contributed by atoms with Crippen LogP contribution in [-0.4, -0.2) is 27.3 Å². The van der Waals surface area contributed by atoms with Crippen molar-refractivity contribution in [2.45, 2.75) is 31.8 Å². The van der Waals surface area contributed by atoms with Crippen molar-refractivity contribution in [3.63, 3.8) is 0 Å². The van der Waals surface area contributed by atoms with Crippen LogP contribution < -0.4 is 4.74 Å². The van der Waals surface area contributed by atoms with E-state index in [0.29, 0.717) is 23.4 Å². The fourth-order valence-electron chi connectivity index (χ4n) is 4.52. The third-order valence-electron chi connectivity index (χ3n) is 6.15. The summed E-state index contributed by atoms with van der Waals surface area (Å²) in [5, 5.41) is 10.7. The quantitative estimate of drug-likeness (QED) is 0.461. The summed E-state index contributed by atoms with van der Waals surface area (Å²) in [6.45, 7) is 1.42. The largest absolute Gasteiger partial charge is 0.507 e. The maximum absolute atomic E-state index is 13.0. The van der Waals surface area contributed by atoms with E-state index in [-0.39, 0.29) is 23.3 Å². The predicted octanol–water partition coefficient (Wildman–Crippen LogP) is 5.89. The Morgan fingerprint density at radius 3 is 2.84 bits per heavy atom. The molecule has 1 N–H and O–H groups in total. The molecule has 162 valence electrons. The number of hydrogen-bond donors (Lipinski definition) is 1. The zero-order valence-electron chi connectivity index (χ0n) is 17.5. The first-order valence-electron chi connectivity index (χ1n) is 10.8. The molecule has 1 saturated heterocycles. The highest BCUT2D eigenvalue weighted by molar-refractivity contribution is 9.10. The fraction of sp³-hybridized carbons (Fsp3) is 0.231. The van der Waals surface area contributed by atoms with Crippen molar-refractivity contribution in [2.24, 2.45) is 0 Å². The number of phenolic OH excluding ortho intramolecular Hbond substituents is 1. The van der Waals surface area contributed by atoms with E-state index < -0.39 is 0 Å². The highest BCUT2D eigenvalue weighted by atomic mass is 79.9. The maximum atomic E-state index is 13.0. The molecule has 2 aliphatic heterocycles. The number of pyridine rings is 1. The van der Waals surface area contributed by atoms with E-state index in [9.17, 15) is 9.90 Å². The van der Waals surface area contributed by atoms with Crippen LogP contribution in [0.25, 0.3) is 6.08 Å². The van der Waals surface area contributed by atoms with Gasteiger partial charge >= 0.3 is 0 Å². The second kappa shape index (κ2) is 8.88. The van der Waals surface area contributed by atoms with Crippen molar-refractivity contribution in [1.29, 1.82) is 0 Å². The second-order valence-corrected chi connectivity index (χ2v) is 9.02. The molecule has 0 unspecified atom stereocenters. The summed E-state index contributed by atoms with van der Waals surface area (Å²) in [7, 11) is 0. The summed E-state index contributed by atoms with van der Waals surface area (Å²) >= 11 is 3.52. The van der Waals surface area contributed by atoms with Crippen molar-refractivity contribution in [1.82, 2.24) is 9.88 Å². The molecule has 0 bridgehead atoms. The van der Waals surface area contributed by atoms with Crippen LogP contribution in [0, 0.1) is 0 Å². The van der Waals surface area contributed by atoms with Gasteiger partial charge in [0.25, 0.3) is 0 Å². The molecule has 0 radical (unpaired) electrons. The first-order valence-corrected chi connectivity index (χ1v) is 11.6. The number of aromatic hydroxyl groups is 1. The van der Waals surface area contributed by atoms with Crippen LogP contribution in [0.15, 0.2) is 71.2 Å². The molecule has 2 aliphatic rings. The number of ether oxygens (including phenoxy) is 1. The predicted molar refractivity (Wildman–Crippen MR) is 126 cm³/mol. The van der Waals surface area contributed by atoms with Crippen LogP contribution in [0.3, 0.4) is 0 Å². The molecule has 3 aromatic rings. The number of halogens is 1. The number of phenols is 1. The monoisotopic (exact) mass is 490 g/mol. The van der Waals surface area contributed by atoms with Gasteiger partial charge in [0.15, 0.2) is 5.76 Å². The van der Waals surface area contributed by atoms with Crippen LogP contribution in [0.1, 0.15) is 52.4 Å². The van der Waals surface area contributed by atoms with Gasteiger partial charge in [-0.15, -0.1) is 0 Å². The Bertz CT molecular complexity index is 1190. The summed E-state index contributed by atoms with van der Waals surface area (Å²) in [5.41, 5.74) is 3.18. The molecule has 32 heavy (non-hydrogen) atoms. The molecule has 0 saturated carbocycles. The van der Waals surface area contributed by atoms with Crippen LogP contribution in [-0.2, 0) is 6.54 Å². The molecular weight excluding hydrogens is 468 g/mol. The first kappa shape index (κ1) is 20.9. The number of fused-ring (bicyclic) bond motifs is 1. The maximum Gasteiger partial charge on any atom is 0.231 e. The van der Waals surface area contributed by atoms with E-state index in [1.54, 1.807) is 24.4 Å². The minimum atomic E-state index is -0.167. The van der Waals surface area contributed by atoms with Gasteiger partial charge in [-0.2, -0.15) is 0 Å². The third-order valence-corrected chi connectivity index (χ3v) is 6.87. The van der Waals surface area contributed by atoms with Crippen molar-refractivity contribution in [3.8, 4) is 11.5 Å². The Morgan fingerprint density at radius 2 is 2.03 bits per heavy atom. The lowest BCUT2D eigenvalue weighted by Gasteiger charge is -2.36. The number of nitrogens with zero attached hydrogens (tertiary/aromatic N) is 2. The van der Waals surface area contributed by atoms with Gasteiger partial charge in [-0.1, -0.05) is 46.6 Å². The number of likely N-dealkylation sites (tertiary alicyclic amines) is 1. The van der Waals surface area contributed by atoms with Crippen molar-refractivity contribution in [3.05, 3.63) is 93.4 Å². The van der Waals surface area contributed by atoms with Gasteiger partial charge in [-0.3, -0.25) is 14.7 Å². The minimum absolute atomic E-state index is 0.147. The number of rotatable bonds is 4. The summed E-state index contributed by atoms with van der Waals surface area (Å²) in [5.74, 6) is 0.707. The smallest absolute Gasteiger partial charge is 0.231 e. The van der Waals surface area contributed by atoms with Crippen molar-refractivity contribution < 1.29 is 14.6 Å². The molecule has 2 aromatic carbocycles. The van der Waals surface area contributed by atoms with E-state index in [2.05, 4.69) is 31.9 Å². The standard InChI is InChI=1S/C26H23BrN2O3/c27-21-8-2-1-6-17(21)14-24-25(31)19-10-11-23(30)20(26(19)32-24)16-29-13-4-3-9-22(29)18-7-5-12-28-15-18/h1-2,5-8,10-12,14-15,22,30H,3-4,9,13,16H2/b24-14-/t22-/m0/s1. The number of carbonyl (C=O) groups excluding carboxylic acids is 1. The van der Waals surface area contributed by atoms with Gasteiger partial charge in [-0.25, -0.2) is 0 Å². The number of carbonyl (C=O) groups is 1. The Morgan fingerprint density at radius 1 is 1.16 bits per heavy atom. The highest BCUT2D eigenvalue weighted by Gasteiger charge is 2.33. The average Bonchev–Trinajstić information content (AvgIpc) is 3.13. The van der Waals surface area contributed by atoms with Gasteiger partial charge < -0.3 is 9.84 Å². The lowest BCUT2D eigenvalue weighted by atomic mass is 9.95. The molecule has 5 nitrogen and oxygen atoms in total.